The third kappa shape index (κ3) is 5.05. The third-order valence-corrected chi connectivity index (χ3v) is 6.03. The SMILES string of the molecule is CC(C)(C)c1cnc(CSc2cnc(NC(=O)C3CCOCC3)s2)o1. The number of carbonyl (C=O) groups excluding carboxylic acids is 1. The number of carbonyl (C=O) groups is 1. The smallest absolute Gasteiger partial charge is 0.229 e. The van der Waals surface area contributed by atoms with Crippen molar-refractivity contribution < 1.29 is 13.9 Å². The first-order valence-electron chi connectivity index (χ1n) is 8.34. The lowest BCUT2D eigenvalue weighted by Crippen LogP contribution is -2.28. The van der Waals surface area contributed by atoms with E-state index in [0.717, 1.165) is 22.8 Å². The fourth-order valence-electron chi connectivity index (χ4n) is 2.41. The predicted molar refractivity (Wildman–Crippen MR) is 99.1 cm³/mol. The molecule has 0 bridgehead atoms. The van der Waals surface area contributed by atoms with E-state index in [1.807, 2.05) is 0 Å². The average molecular weight is 382 g/mol. The van der Waals surface area contributed by atoms with Gasteiger partial charge in [-0.15, -0.1) is 11.8 Å². The van der Waals surface area contributed by atoms with E-state index in [0.29, 0.717) is 30.0 Å². The lowest BCUT2D eigenvalue weighted by molar-refractivity contribution is -0.122. The highest BCUT2D eigenvalue weighted by molar-refractivity contribution is 8.00. The summed E-state index contributed by atoms with van der Waals surface area (Å²) < 4.78 is 12.1. The van der Waals surface area contributed by atoms with E-state index in [2.05, 4.69) is 36.1 Å². The van der Waals surface area contributed by atoms with E-state index in [-0.39, 0.29) is 17.2 Å². The zero-order chi connectivity index (χ0) is 17.9. The molecular formula is C17H23N3O3S2. The van der Waals surface area contributed by atoms with Crippen LogP contribution >= 0.6 is 23.1 Å². The van der Waals surface area contributed by atoms with Crippen molar-refractivity contribution >= 4 is 34.1 Å². The van der Waals surface area contributed by atoms with Gasteiger partial charge in [0.05, 0.1) is 22.4 Å². The number of rotatable bonds is 5. The van der Waals surface area contributed by atoms with Crippen LogP contribution in [0.15, 0.2) is 21.0 Å². The minimum Gasteiger partial charge on any atom is -0.444 e. The van der Waals surface area contributed by atoms with Gasteiger partial charge in [-0.25, -0.2) is 9.97 Å². The monoisotopic (exact) mass is 381 g/mol. The fraction of sp³-hybridized carbons (Fsp3) is 0.588. The molecule has 25 heavy (non-hydrogen) atoms. The quantitative estimate of drug-likeness (QED) is 0.786. The zero-order valence-corrected chi connectivity index (χ0v) is 16.3. The molecule has 6 nitrogen and oxygen atoms in total. The number of amides is 1. The number of thiazole rings is 1. The van der Waals surface area contributed by atoms with Crippen molar-refractivity contribution in [2.45, 2.75) is 49.0 Å². The minimum atomic E-state index is -0.0397. The maximum absolute atomic E-state index is 12.2. The Morgan fingerprint density at radius 2 is 2.08 bits per heavy atom. The van der Waals surface area contributed by atoms with Crippen molar-refractivity contribution in [1.82, 2.24) is 9.97 Å². The predicted octanol–water partition coefficient (Wildman–Crippen LogP) is 4.09. The standard InChI is InChI=1S/C17H23N3O3S2/c1-17(2,3)12-8-18-13(23-12)10-24-14-9-19-16(25-14)20-15(21)11-4-6-22-7-5-11/h8-9,11H,4-7,10H2,1-3H3,(H,19,20,21). The number of hydrogen-bond acceptors (Lipinski definition) is 7. The lowest BCUT2D eigenvalue weighted by atomic mass is 9.94. The van der Waals surface area contributed by atoms with Crippen molar-refractivity contribution in [2.75, 3.05) is 18.5 Å². The van der Waals surface area contributed by atoms with Gasteiger partial charge in [-0.1, -0.05) is 32.1 Å². The van der Waals surface area contributed by atoms with Crippen LogP contribution in [0.1, 0.15) is 45.3 Å². The number of ether oxygens (including phenoxy) is 1. The van der Waals surface area contributed by atoms with E-state index >= 15 is 0 Å². The molecule has 3 rings (SSSR count). The second-order valence-electron chi connectivity index (χ2n) is 7.02. The highest BCUT2D eigenvalue weighted by Gasteiger charge is 2.22. The number of thioether (sulfide) groups is 1. The maximum Gasteiger partial charge on any atom is 0.229 e. The Bertz CT molecular complexity index is 715. The normalized spacial score (nSPS) is 16.1. The number of nitrogens with zero attached hydrogens (tertiary/aromatic N) is 2. The van der Waals surface area contributed by atoms with Crippen LogP contribution in [0.3, 0.4) is 0 Å². The Morgan fingerprint density at radius 1 is 1.32 bits per heavy atom. The van der Waals surface area contributed by atoms with Crippen LogP contribution < -0.4 is 5.32 Å². The number of oxazole rings is 1. The number of nitrogens with one attached hydrogen (secondary N) is 1. The van der Waals surface area contributed by atoms with Crippen LogP contribution in [-0.2, 0) is 20.7 Å². The van der Waals surface area contributed by atoms with Crippen molar-refractivity contribution in [2.24, 2.45) is 5.92 Å². The van der Waals surface area contributed by atoms with Gasteiger partial charge in [0, 0.05) is 24.5 Å². The maximum atomic E-state index is 12.2. The highest BCUT2D eigenvalue weighted by Crippen LogP contribution is 2.32. The first kappa shape index (κ1) is 18.4. The molecule has 1 fully saturated rings. The highest BCUT2D eigenvalue weighted by atomic mass is 32.2. The molecule has 0 saturated carbocycles. The Kier molecular flexibility index (Phi) is 5.81. The Balaban J connectivity index is 1.51. The van der Waals surface area contributed by atoms with Gasteiger partial charge in [0.2, 0.25) is 11.8 Å². The van der Waals surface area contributed by atoms with Gasteiger partial charge in [0.15, 0.2) is 5.13 Å². The molecule has 1 aliphatic rings. The molecule has 0 radical (unpaired) electrons. The molecule has 1 N–H and O–H groups in total. The Hall–Kier alpha value is -1.38. The molecule has 136 valence electrons. The van der Waals surface area contributed by atoms with Gasteiger partial charge in [-0.3, -0.25) is 4.79 Å². The van der Waals surface area contributed by atoms with Crippen LogP contribution in [0.4, 0.5) is 5.13 Å². The Morgan fingerprint density at radius 3 is 2.76 bits per heavy atom. The van der Waals surface area contributed by atoms with E-state index in [1.165, 1.54) is 11.3 Å². The van der Waals surface area contributed by atoms with Gasteiger partial charge in [-0.2, -0.15) is 0 Å². The number of aromatic nitrogens is 2. The molecule has 0 aromatic carbocycles. The van der Waals surface area contributed by atoms with E-state index < -0.39 is 0 Å². The second kappa shape index (κ2) is 7.88. The van der Waals surface area contributed by atoms with Crippen molar-refractivity contribution in [3.05, 3.63) is 24.0 Å². The molecular weight excluding hydrogens is 358 g/mol. The average Bonchev–Trinajstić information content (AvgIpc) is 3.22. The van der Waals surface area contributed by atoms with Gasteiger partial charge in [0.1, 0.15) is 5.76 Å². The zero-order valence-electron chi connectivity index (χ0n) is 14.7. The largest absolute Gasteiger partial charge is 0.444 e. The molecule has 0 unspecified atom stereocenters. The number of anilines is 1. The summed E-state index contributed by atoms with van der Waals surface area (Å²) in [6, 6.07) is 0. The number of hydrogen-bond donors (Lipinski definition) is 1. The van der Waals surface area contributed by atoms with Crippen LogP contribution in [0, 0.1) is 5.92 Å². The van der Waals surface area contributed by atoms with Crippen molar-refractivity contribution in [3.63, 3.8) is 0 Å². The summed E-state index contributed by atoms with van der Waals surface area (Å²) in [4.78, 5) is 20.8. The molecule has 0 atom stereocenters. The topological polar surface area (TPSA) is 77.2 Å². The van der Waals surface area contributed by atoms with E-state index in [9.17, 15) is 4.79 Å². The molecule has 3 heterocycles. The molecule has 1 aliphatic heterocycles. The van der Waals surface area contributed by atoms with Crippen molar-refractivity contribution in [1.29, 1.82) is 0 Å². The first-order chi connectivity index (χ1) is 11.9. The summed E-state index contributed by atoms with van der Waals surface area (Å²) in [7, 11) is 0. The summed E-state index contributed by atoms with van der Waals surface area (Å²) in [5.74, 6) is 2.30. The Labute approximate surface area is 155 Å². The summed E-state index contributed by atoms with van der Waals surface area (Å²) in [5.41, 5.74) is -0.0397. The van der Waals surface area contributed by atoms with Crippen LogP contribution in [0.2, 0.25) is 0 Å². The van der Waals surface area contributed by atoms with Crippen LogP contribution in [-0.4, -0.2) is 29.1 Å². The van der Waals surface area contributed by atoms with Gasteiger partial charge in [0.25, 0.3) is 0 Å². The molecule has 0 aliphatic carbocycles. The van der Waals surface area contributed by atoms with Crippen molar-refractivity contribution in [3.8, 4) is 0 Å². The molecule has 2 aromatic rings. The summed E-state index contributed by atoms with van der Waals surface area (Å²) in [6.07, 6.45) is 5.13. The summed E-state index contributed by atoms with van der Waals surface area (Å²) in [5, 5.41) is 3.56. The van der Waals surface area contributed by atoms with E-state index in [4.69, 9.17) is 9.15 Å². The fourth-order valence-corrected chi connectivity index (χ4v) is 4.14. The van der Waals surface area contributed by atoms with Gasteiger partial charge in [-0.05, 0) is 12.8 Å². The molecule has 1 saturated heterocycles. The third-order valence-electron chi connectivity index (χ3n) is 3.94. The summed E-state index contributed by atoms with van der Waals surface area (Å²) >= 11 is 3.09. The van der Waals surface area contributed by atoms with Crippen LogP contribution in [0.25, 0.3) is 0 Å². The molecule has 0 spiro atoms. The summed E-state index contributed by atoms with van der Waals surface area (Å²) in [6.45, 7) is 7.61. The first-order valence-corrected chi connectivity index (χ1v) is 10.1. The van der Waals surface area contributed by atoms with Gasteiger partial charge < -0.3 is 14.5 Å². The van der Waals surface area contributed by atoms with Crippen LogP contribution in [0.5, 0.6) is 0 Å². The second-order valence-corrected chi connectivity index (χ2v) is 9.32. The minimum absolute atomic E-state index is 0.0249. The van der Waals surface area contributed by atoms with Gasteiger partial charge >= 0.3 is 0 Å². The molecule has 8 heteroatoms. The lowest BCUT2D eigenvalue weighted by Gasteiger charge is -2.20. The van der Waals surface area contributed by atoms with E-state index in [1.54, 1.807) is 24.2 Å². The molecule has 1 amide bonds. The molecule has 2 aromatic heterocycles.